The molecule has 22 heavy (non-hydrogen) atoms. The predicted octanol–water partition coefficient (Wildman–Crippen LogP) is 3.59. The molecule has 0 amide bonds. The van der Waals surface area contributed by atoms with Crippen LogP contribution in [0.25, 0.3) is 0 Å². The first kappa shape index (κ1) is 16.0. The Balaban J connectivity index is 1.97. The number of phenols is 2. The van der Waals surface area contributed by atoms with E-state index in [4.69, 9.17) is 11.6 Å². The first-order chi connectivity index (χ1) is 10.6. The van der Waals surface area contributed by atoms with Gasteiger partial charge in [0.05, 0.1) is 13.1 Å². The van der Waals surface area contributed by atoms with Crippen LogP contribution in [0.5, 0.6) is 11.5 Å². The van der Waals surface area contributed by atoms with Crippen molar-refractivity contribution in [2.24, 2.45) is 9.98 Å². The molecule has 2 aromatic rings. The Morgan fingerprint density at radius 3 is 2.36 bits per heavy atom. The predicted molar refractivity (Wildman–Crippen MR) is 90.5 cm³/mol. The second kappa shape index (κ2) is 7.61. The van der Waals surface area contributed by atoms with Gasteiger partial charge in [-0.15, -0.1) is 0 Å². The van der Waals surface area contributed by atoms with Gasteiger partial charge < -0.3 is 10.2 Å². The smallest absolute Gasteiger partial charge is 0.130 e. The Morgan fingerprint density at radius 1 is 1.00 bits per heavy atom. The molecule has 0 saturated heterocycles. The van der Waals surface area contributed by atoms with E-state index in [9.17, 15) is 10.2 Å². The first-order valence-corrected chi connectivity index (χ1v) is 7.24. The summed E-state index contributed by atoms with van der Waals surface area (Å²) in [7, 11) is 0. The highest BCUT2D eigenvalue weighted by atomic mass is 35.5. The minimum Gasteiger partial charge on any atom is -0.508 e. The van der Waals surface area contributed by atoms with E-state index in [1.165, 1.54) is 12.1 Å². The van der Waals surface area contributed by atoms with Crippen molar-refractivity contribution in [1.82, 2.24) is 0 Å². The van der Waals surface area contributed by atoms with Gasteiger partial charge in [0.25, 0.3) is 0 Å². The summed E-state index contributed by atoms with van der Waals surface area (Å²) in [5, 5.41) is 19.5. The van der Waals surface area contributed by atoms with Crippen LogP contribution in [0.1, 0.15) is 18.1 Å². The van der Waals surface area contributed by atoms with Gasteiger partial charge in [0.2, 0.25) is 0 Å². The molecule has 2 aromatic carbocycles. The zero-order valence-corrected chi connectivity index (χ0v) is 13.0. The van der Waals surface area contributed by atoms with Crippen molar-refractivity contribution in [3.63, 3.8) is 0 Å². The molecule has 0 fully saturated rings. The van der Waals surface area contributed by atoms with Crippen molar-refractivity contribution in [2.45, 2.75) is 6.92 Å². The summed E-state index contributed by atoms with van der Waals surface area (Å²) in [6, 6.07) is 14.0. The maximum absolute atomic E-state index is 9.77. The van der Waals surface area contributed by atoms with Crippen LogP contribution < -0.4 is 0 Å². The third kappa shape index (κ3) is 4.33. The van der Waals surface area contributed by atoms with Gasteiger partial charge in [-0.25, -0.2) is 0 Å². The Morgan fingerprint density at radius 2 is 1.68 bits per heavy atom. The fourth-order valence-corrected chi connectivity index (χ4v) is 2.15. The maximum atomic E-state index is 9.77. The molecular weight excluding hydrogens is 300 g/mol. The third-order valence-corrected chi connectivity index (χ3v) is 3.42. The molecule has 0 unspecified atom stereocenters. The van der Waals surface area contributed by atoms with Crippen LogP contribution in [0.15, 0.2) is 58.5 Å². The molecule has 0 aliphatic rings. The van der Waals surface area contributed by atoms with Crippen LogP contribution in [0, 0.1) is 0 Å². The van der Waals surface area contributed by atoms with Gasteiger partial charge >= 0.3 is 0 Å². The zero-order chi connectivity index (χ0) is 15.9. The number of benzene rings is 2. The fourth-order valence-electron chi connectivity index (χ4n) is 1.94. The molecule has 0 spiro atoms. The Kier molecular flexibility index (Phi) is 5.55. The van der Waals surface area contributed by atoms with Crippen LogP contribution in [0.2, 0.25) is 0 Å². The third-order valence-electron chi connectivity index (χ3n) is 3.08. The lowest BCUT2D eigenvalue weighted by Crippen LogP contribution is -2.00. The van der Waals surface area contributed by atoms with Crippen molar-refractivity contribution in [3.8, 4) is 11.5 Å². The Labute approximate surface area is 134 Å². The molecule has 0 aliphatic heterocycles. The van der Waals surface area contributed by atoms with E-state index in [1.807, 2.05) is 30.3 Å². The lowest BCUT2D eigenvalue weighted by Gasteiger charge is -2.04. The van der Waals surface area contributed by atoms with Gasteiger partial charge in [0, 0.05) is 22.9 Å². The second-order valence-electron chi connectivity index (χ2n) is 4.71. The number of nitrogens with zero attached hydrogens (tertiary/aromatic N) is 2. The minimum absolute atomic E-state index is 0.00655. The summed E-state index contributed by atoms with van der Waals surface area (Å²) in [5.74, 6) is 0.0281. The molecule has 114 valence electrons. The molecule has 0 atom stereocenters. The quantitative estimate of drug-likeness (QED) is 0.654. The van der Waals surface area contributed by atoms with E-state index in [0.717, 1.165) is 5.56 Å². The lowest BCUT2D eigenvalue weighted by atomic mass is 10.1. The van der Waals surface area contributed by atoms with Gasteiger partial charge in [-0.2, -0.15) is 0 Å². The lowest BCUT2D eigenvalue weighted by molar-refractivity contribution is 0.450. The van der Waals surface area contributed by atoms with Crippen molar-refractivity contribution >= 4 is 22.5 Å². The molecule has 2 N–H and O–H groups in total. The van der Waals surface area contributed by atoms with Crippen LogP contribution in [0.3, 0.4) is 0 Å². The highest BCUT2D eigenvalue weighted by Crippen LogP contribution is 2.23. The molecule has 0 aromatic heterocycles. The largest absolute Gasteiger partial charge is 0.508 e. The molecule has 0 radical (unpaired) electrons. The summed E-state index contributed by atoms with van der Waals surface area (Å²) >= 11 is 6.11. The molecule has 4 nitrogen and oxygen atoms in total. The highest BCUT2D eigenvalue weighted by molar-refractivity contribution is 6.69. The van der Waals surface area contributed by atoms with Crippen LogP contribution >= 0.6 is 11.6 Å². The first-order valence-electron chi connectivity index (χ1n) is 6.86. The SMILES string of the molecule is CC(=NCCN=C(Cl)c1ccccc1)c1ccc(O)cc1O. The van der Waals surface area contributed by atoms with Crippen LogP contribution in [0.4, 0.5) is 0 Å². The Bertz CT molecular complexity index is 697. The number of phenolic OH excluding ortho intramolecular Hbond substituents is 2. The van der Waals surface area contributed by atoms with E-state index >= 15 is 0 Å². The normalized spacial score (nSPS) is 12.5. The number of halogens is 1. The van der Waals surface area contributed by atoms with Crippen molar-refractivity contribution in [3.05, 3.63) is 59.7 Å². The Hall–Kier alpha value is -2.33. The summed E-state index contributed by atoms with van der Waals surface area (Å²) in [6.45, 7) is 2.73. The standard InChI is InChI=1S/C17H17ClN2O2/c1-12(15-8-7-14(21)11-16(15)22)19-9-10-20-17(18)13-5-3-2-4-6-13/h2-8,11,21-22H,9-10H2,1H3. The van der Waals surface area contributed by atoms with Gasteiger partial charge in [-0.3, -0.25) is 9.98 Å². The van der Waals surface area contributed by atoms with Gasteiger partial charge in [0.1, 0.15) is 16.7 Å². The second-order valence-corrected chi connectivity index (χ2v) is 5.07. The maximum Gasteiger partial charge on any atom is 0.130 e. The molecule has 0 saturated carbocycles. The van der Waals surface area contributed by atoms with Crippen molar-refractivity contribution in [2.75, 3.05) is 13.1 Å². The van der Waals surface area contributed by atoms with Crippen LogP contribution in [-0.2, 0) is 0 Å². The fraction of sp³-hybridized carbons (Fsp3) is 0.176. The topological polar surface area (TPSA) is 65.2 Å². The summed E-state index contributed by atoms with van der Waals surface area (Å²) in [4.78, 5) is 8.63. The summed E-state index contributed by atoms with van der Waals surface area (Å²) in [5.41, 5.74) is 2.15. The average Bonchev–Trinajstić information content (AvgIpc) is 2.52. The van der Waals surface area contributed by atoms with E-state index in [0.29, 0.717) is 29.5 Å². The number of rotatable bonds is 5. The molecule has 0 bridgehead atoms. The van der Waals surface area contributed by atoms with E-state index < -0.39 is 0 Å². The minimum atomic E-state index is 0.00655. The number of hydrogen-bond acceptors (Lipinski definition) is 4. The van der Waals surface area contributed by atoms with E-state index in [1.54, 1.807) is 13.0 Å². The number of aliphatic imine (C=N–C) groups is 2. The molecule has 2 rings (SSSR count). The monoisotopic (exact) mass is 316 g/mol. The van der Waals surface area contributed by atoms with Crippen molar-refractivity contribution in [1.29, 1.82) is 0 Å². The summed E-state index contributed by atoms with van der Waals surface area (Å²) in [6.07, 6.45) is 0. The van der Waals surface area contributed by atoms with Crippen LogP contribution in [-0.4, -0.2) is 34.2 Å². The van der Waals surface area contributed by atoms with E-state index in [-0.39, 0.29) is 11.5 Å². The van der Waals surface area contributed by atoms with Gasteiger partial charge in [-0.1, -0.05) is 41.9 Å². The van der Waals surface area contributed by atoms with Gasteiger partial charge in [-0.05, 0) is 19.1 Å². The van der Waals surface area contributed by atoms with Crippen molar-refractivity contribution < 1.29 is 10.2 Å². The summed E-state index contributed by atoms with van der Waals surface area (Å²) < 4.78 is 0. The highest BCUT2D eigenvalue weighted by Gasteiger charge is 2.05. The molecule has 0 aliphatic carbocycles. The number of hydrogen-bond donors (Lipinski definition) is 2. The molecule has 0 heterocycles. The zero-order valence-electron chi connectivity index (χ0n) is 12.2. The number of aromatic hydroxyl groups is 2. The average molecular weight is 317 g/mol. The van der Waals surface area contributed by atoms with E-state index in [2.05, 4.69) is 9.98 Å². The molecular formula is C17H17ClN2O2. The van der Waals surface area contributed by atoms with Gasteiger partial charge in [0.15, 0.2) is 0 Å². The molecule has 5 heteroatoms.